The van der Waals surface area contributed by atoms with Gasteiger partial charge in [0.2, 0.25) is 15.9 Å². The molecule has 3 aliphatic heterocycles. The molecule has 6 rings (SSSR count). The van der Waals surface area contributed by atoms with Crippen LogP contribution < -0.4 is 4.90 Å². The molecular formula is C27H31N5O4S2. The molecule has 3 aromatic rings. The molecule has 2 aromatic carbocycles. The van der Waals surface area contributed by atoms with E-state index in [1.54, 1.807) is 28.6 Å². The lowest BCUT2D eigenvalue weighted by molar-refractivity contribution is -0.135. The van der Waals surface area contributed by atoms with E-state index in [0.29, 0.717) is 26.2 Å². The van der Waals surface area contributed by atoms with Crippen molar-refractivity contribution in [1.82, 2.24) is 19.1 Å². The number of benzene rings is 2. The standard InChI is InChI=1S/C27H31N5O4S2/c1-29-7-9-30(10-8-29)22-4-2-3-19(11-22)24(17-33)27(34)31-13-20(14-31)21-15-32(16-21)38(35,36)23-5-6-25-26(12-23)37-18-28-25/h2-6,11-12,18,24,33H,7-10,13-17H2,1H3. The Morgan fingerprint density at radius 2 is 1.76 bits per heavy atom. The van der Waals surface area contributed by atoms with Crippen LogP contribution in [0.15, 0.2) is 64.0 Å². The topological polar surface area (TPSA) is 97.3 Å². The van der Waals surface area contributed by atoms with E-state index >= 15 is 0 Å². The van der Waals surface area contributed by atoms with E-state index in [1.807, 2.05) is 18.2 Å². The summed E-state index contributed by atoms with van der Waals surface area (Å²) in [5.74, 6) is -0.692. The quantitative estimate of drug-likeness (QED) is 0.466. The smallest absolute Gasteiger partial charge is 0.243 e. The lowest BCUT2D eigenvalue weighted by Crippen LogP contribution is -2.52. The third kappa shape index (κ3) is 4.62. The molecule has 38 heavy (non-hydrogen) atoms. The number of likely N-dealkylation sites (tertiary alicyclic amines) is 1. The van der Waals surface area contributed by atoms with Gasteiger partial charge in [0.25, 0.3) is 0 Å². The molecule has 4 heterocycles. The molecule has 3 saturated heterocycles. The summed E-state index contributed by atoms with van der Waals surface area (Å²) in [6.07, 6.45) is 0. The van der Waals surface area contributed by atoms with Crippen molar-refractivity contribution in [1.29, 1.82) is 0 Å². The number of aliphatic hydroxyl groups is 1. The first-order valence-electron chi connectivity index (χ1n) is 12.8. The van der Waals surface area contributed by atoms with Gasteiger partial charge in [0.05, 0.1) is 33.1 Å². The fourth-order valence-corrected chi connectivity index (χ4v) is 7.51. The van der Waals surface area contributed by atoms with Gasteiger partial charge in [-0.3, -0.25) is 4.79 Å². The lowest BCUT2D eigenvalue weighted by Gasteiger charge is -2.42. The van der Waals surface area contributed by atoms with Crippen LogP contribution in [0.25, 0.3) is 10.2 Å². The fraction of sp³-hybridized carbons (Fsp3) is 0.407. The van der Waals surface area contributed by atoms with Gasteiger partial charge in [0.1, 0.15) is 0 Å². The van der Waals surface area contributed by atoms with Crippen LogP contribution in [0.3, 0.4) is 0 Å². The molecule has 0 aliphatic carbocycles. The van der Waals surface area contributed by atoms with Crippen molar-refractivity contribution in [2.24, 2.45) is 0 Å². The molecular weight excluding hydrogens is 522 g/mol. The zero-order valence-electron chi connectivity index (χ0n) is 21.3. The molecule has 0 bridgehead atoms. The molecule has 1 N–H and O–H groups in total. The highest BCUT2D eigenvalue weighted by molar-refractivity contribution is 7.89. The van der Waals surface area contributed by atoms with Crippen LogP contribution in [0.1, 0.15) is 11.5 Å². The normalized spacial score (nSPS) is 19.9. The Labute approximate surface area is 226 Å². The molecule has 11 heteroatoms. The van der Waals surface area contributed by atoms with Crippen molar-refractivity contribution in [3.8, 4) is 0 Å². The summed E-state index contributed by atoms with van der Waals surface area (Å²) in [6.45, 7) is 5.32. The van der Waals surface area contributed by atoms with Crippen LogP contribution in [-0.4, -0.2) is 105 Å². The number of fused-ring (bicyclic) bond motifs is 1. The minimum absolute atomic E-state index is 0.0889. The number of hydrogen-bond acceptors (Lipinski definition) is 8. The van der Waals surface area contributed by atoms with E-state index in [-0.39, 0.29) is 17.4 Å². The summed E-state index contributed by atoms with van der Waals surface area (Å²) in [6, 6.07) is 13.0. The average Bonchev–Trinajstić information content (AvgIpc) is 3.33. The molecule has 0 radical (unpaired) electrons. The maximum Gasteiger partial charge on any atom is 0.243 e. The highest BCUT2D eigenvalue weighted by Gasteiger charge is 2.39. The zero-order valence-corrected chi connectivity index (χ0v) is 22.9. The van der Waals surface area contributed by atoms with E-state index in [2.05, 4.69) is 27.9 Å². The largest absolute Gasteiger partial charge is 0.395 e. The average molecular weight is 554 g/mol. The van der Waals surface area contributed by atoms with E-state index in [0.717, 1.165) is 58.8 Å². The molecule has 0 saturated carbocycles. The molecule has 1 unspecified atom stereocenters. The van der Waals surface area contributed by atoms with Crippen molar-refractivity contribution in [2.45, 2.75) is 10.8 Å². The number of carbonyl (C=O) groups excluding carboxylic acids is 1. The molecule has 3 aliphatic rings. The predicted octanol–water partition coefficient (Wildman–Crippen LogP) is 1.97. The monoisotopic (exact) mass is 553 g/mol. The number of amides is 1. The molecule has 1 amide bonds. The van der Waals surface area contributed by atoms with Crippen LogP contribution in [-0.2, 0) is 14.8 Å². The van der Waals surface area contributed by atoms with Crippen molar-refractivity contribution in [3.05, 3.63) is 64.7 Å². The Balaban J connectivity index is 1.08. The van der Waals surface area contributed by atoms with Gasteiger partial charge >= 0.3 is 0 Å². The third-order valence-electron chi connectivity index (χ3n) is 7.87. The first-order valence-corrected chi connectivity index (χ1v) is 15.1. The van der Waals surface area contributed by atoms with Gasteiger partial charge in [-0.05, 0) is 54.1 Å². The van der Waals surface area contributed by atoms with Crippen molar-refractivity contribution in [3.63, 3.8) is 0 Å². The number of sulfonamides is 1. The second kappa shape index (κ2) is 10.0. The number of anilines is 1. The van der Waals surface area contributed by atoms with Crippen molar-refractivity contribution >= 4 is 43.2 Å². The maximum absolute atomic E-state index is 13.3. The first-order chi connectivity index (χ1) is 18.3. The van der Waals surface area contributed by atoms with Crippen LogP contribution >= 0.6 is 11.3 Å². The summed E-state index contributed by atoms with van der Waals surface area (Å²) < 4.78 is 28.4. The minimum atomic E-state index is -3.56. The van der Waals surface area contributed by atoms with Crippen LogP contribution in [0.4, 0.5) is 5.69 Å². The van der Waals surface area contributed by atoms with Gasteiger partial charge in [-0.15, -0.1) is 11.3 Å². The van der Waals surface area contributed by atoms with Crippen LogP contribution in [0.2, 0.25) is 0 Å². The van der Waals surface area contributed by atoms with Gasteiger partial charge in [-0.1, -0.05) is 12.1 Å². The molecule has 3 fully saturated rings. The van der Waals surface area contributed by atoms with Crippen LogP contribution in [0, 0.1) is 0 Å². The van der Waals surface area contributed by atoms with Crippen molar-refractivity contribution in [2.75, 3.05) is 70.9 Å². The summed E-state index contributed by atoms with van der Waals surface area (Å²) in [7, 11) is -1.45. The molecule has 0 spiro atoms. The summed E-state index contributed by atoms with van der Waals surface area (Å²) in [5.41, 5.74) is 6.61. The van der Waals surface area contributed by atoms with E-state index < -0.39 is 15.9 Å². The SMILES string of the molecule is CN1CCN(c2cccc(C(CO)C(=O)N3CC(=C4CN(S(=O)(=O)c5ccc6ncsc6c5)C4)C3)c2)CC1. The Hall–Kier alpha value is -2.83. The number of rotatable bonds is 6. The number of nitrogens with zero attached hydrogens (tertiary/aromatic N) is 5. The van der Waals surface area contributed by atoms with Gasteiger partial charge in [0.15, 0.2) is 0 Å². The Kier molecular flexibility index (Phi) is 6.73. The van der Waals surface area contributed by atoms with E-state index in [9.17, 15) is 18.3 Å². The van der Waals surface area contributed by atoms with Gasteiger partial charge in [-0.25, -0.2) is 13.4 Å². The number of hydrogen-bond donors (Lipinski definition) is 1. The second-order valence-corrected chi connectivity index (χ2v) is 13.1. The van der Waals surface area contributed by atoms with Gasteiger partial charge in [0, 0.05) is 58.0 Å². The Morgan fingerprint density at radius 1 is 1.03 bits per heavy atom. The summed E-state index contributed by atoms with van der Waals surface area (Å²) in [4.78, 5) is 24.1. The lowest BCUT2D eigenvalue weighted by atomic mass is 9.92. The van der Waals surface area contributed by atoms with Crippen molar-refractivity contribution < 1.29 is 18.3 Å². The number of likely N-dealkylation sites (N-methyl/N-ethyl adjacent to an activating group) is 1. The maximum atomic E-state index is 13.3. The highest BCUT2D eigenvalue weighted by Crippen LogP contribution is 2.33. The number of piperazine rings is 1. The minimum Gasteiger partial charge on any atom is -0.395 e. The van der Waals surface area contributed by atoms with Gasteiger partial charge in [-0.2, -0.15) is 4.31 Å². The summed E-state index contributed by atoms with van der Waals surface area (Å²) >= 11 is 1.42. The number of thiazole rings is 1. The fourth-order valence-electron chi connectivity index (χ4n) is 5.26. The Morgan fingerprint density at radius 3 is 2.50 bits per heavy atom. The molecule has 9 nitrogen and oxygen atoms in total. The zero-order chi connectivity index (χ0) is 26.4. The number of aliphatic hydroxyl groups excluding tert-OH is 1. The van der Waals surface area contributed by atoms with E-state index in [4.69, 9.17) is 0 Å². The number of carbonyl (C=O) groups is 1. The predicted molar refractivity (Wildman–Crippen MR) is 148 cm³/mol. The Bertz CT molecular complexity index is 1490. The summed E-state index contributed by atoms with van der Waals surface area (Å²) in [5, 5.41) is 10.1. The third-order valence-corrected chi connectivity index (χ3v) is 10.5. The van der Waals surface area contributed by atoms with Gasteiger partial charge < -0.3 is 19.8 Å². The highest BCUT2D eigenvalue weighted by atomic mass is 32.2. The number of aromatic nitrogens is 1. The van der Waals surface area contributed by atoms with E-state index in [1.165, 1.54) is 15.6 Å². The van der Waals surface area contributed by atoms with Crippen LogP contribution in [0.5, 0.6) is 0 Å². The second-order valence-electron chi connectivity index (χ2n) is 10.3. The first kappa shape index (κ1) is 25.4. The molecule has 200 valence electrons. The molecule has 1 atom stereocenters. The molecule has 1 aromatic heterocycles.